The maximum atomic E-state index is 11.1. The molecule has 3 N–H and O–H groups in total. The standard InChI is InChI=1S/C10H12ClNO2.ClH/c11-6-10(14)9(12)5-7-1-3-8(13)4-2-7;/h1-4,9,13H,5-6,12H2;1H/t9-;/m0./s1. The Bertz CT molecular complexity index is 314. The molecule has 0 saturated carbocycles. The van der Waals surface area contributed by atoms with Gasteiger partial charge in [-0.25, -0.2) is 0 Å². The minimum absolute atomic E-state index is 0. The summed E-state index contributed by atoms with van der Waals surface area (Å²) in [6.45, 7) is 0. The Kier molecular flexibility index (Phi) is 6.32. The molecule has 0 bridgehead atoms. The molecule has 3 nitrogen and oxygen atoms in total. The topological polar surface area (TPSA) is 63.3 Å². The number of aromatic hydroxyl groups is 1. The number of rotatable bonds is 4. The van der Waals surface area contributed by atoms with Crippen molar-refractivity contribution >= 4 is 29.8 Å². The van der Waals surface area contributed by atoms with Crippen molar-refractivity contribution in [3.63, 3.8) is 0 Å². The Hall–Kier alpha value is -0.770. The summed E-state index contributed by atoms with van der Waals surface area (Å²) in [5, 5.41) is 9.03. The quantitative estimate of drug-likeness (QED) is 0.796. The molecule has 1 rings (SSSR count). The van der Waals surface area contributed by atoms with E-state index in [2.05, 4.69) is 0 Å². The minimum Gasteiger partial charge on any atom is -0.508 e. The van der Waals surface area contributed by atoms with Gasteiger partial charge in [0.1, 0.15) is 5.75 Å². The van der Waals surface area contributed by atoms with Gasteiger partial charge < -0.3 is 10.8 Å². The molecule has 15 heavy (non-hydrogen) atoms. The van der Waals surface area contributed by atoms with Crippen LogP contribution in [0.25, 0.3) is 0 Å². The largest absolute Gasteiger partial charge is 0.508 e. The third-order valence-corrected chi connectivity index (χ3v) is 2.20. The lowest BCUT2D eigenvalue weighted by Crippen LogP contribution is -2.33. The maximum absolute atomic E-state index is 11.1. The second-order valence-corrected chi connectivity index (χ2v) is 3.34. The summed E-state index contributed by atoms with van der Waals surface area (Å²) in [5.41, 5.74) is 6.51. The molecule has 0 saturated heterocycles. The molecule has 0 unspecified atom stereocenters. The number of ketones is 1. The highest BCUT2D eigenvalue weighted by Gasteiger charge is 2.12. The summed E-state index contributed by atoms with van der Waals surface area (Å²) in [5.74, 6) is -0.0232. The van der Waals surface area contributed by atoms with Crippen LogP contribution in [-0.2, 0) is 11.2 Å². The summed E-state index contributed by atoms with van der Waals surface area (Å²) in [7, 11) is 0. The average molecular weight is 250 g/mol. The number of benzene rings is 1. The van der Waals surface area contributed by atoms with E-state index in [-0.39, 0.29) is 29.8 Å². The van der Waals surface area contributed by atoms with E-state index in [1.807, 2.05) is 0 Å². The first-order chi connectivity index (χ1) is 6.63. The normalized spacial score (nSPS) is 11.6. The zero-order chi connectivity index (χ0) is 10.6. The van der Waals surface area contributed by atoms with Crippen LogP contribution in [0.2, 0.25) is 0 Å². The van der Waals surface area contributed by atoms with Crippen LogP contribution < -0.4 is 5.73 Å². The molecule has 5 heteroatoms. The Labute approximate surface area is 99.6 Å². The Balaban J connectivity index is 0.00000196. The monoisotopic (exact) mass is 249 g/mol. The van der Waals surface area contributed by atoms with Crippen LogP contribution in [0.1, 0.15) is 5.56 Å². The molecule has 84 valence electrons. The molecule has 0 aliphatic heterocycles. The van der Waals surface area contributed by atoms with E-state index in [0.717, 1.165) is 5.56 Å². The van der Waals surface area contributed by atoms with Crippen molar-refractivity contribution in [2.45, 2.75) is 12.5 Å². The molecular weight excluding hydrogens is 237 g/mol. The smallest absolute Gasteiger partial charge is 0.164 e. The number of carbonyl (C=O) groups is 1. The van der Waals surface area contributed by atoms with Crippen LogP contribution in [0.3, 0.4) is 0 Å². The van der Waals surface area contributed by atoms with Gasteiger partial charge in [0.15, 0.2) is 5.78 Å². The van der Waals surface area contributed by atoms with E-state index in [4.69, 9.17) is 22.4 Å². The number of hydrogen-bond donors (Lipinski definition) is 2. The highest BCUT2D eigenvalue weighted by Crippen LogP contribution is 2.11. The van der Waals surface area contributed by atoms with Gasteiger partial charge in [-0.05, 0) is 24.1 Å². The van der Waals surface area contributed by atoms with E-state index in [9.17, 15) is 4.79 Å². The number of carbonyl (C=O) groups excluding carboxylic acids is 1. The molecule has 0 amide bonds. The number of Topliss-reactive ketones (excluding diaryl/α,β-unsaturated/α-hetero) is 1. The van der Waals surface area contributed by atoms with E-state index < -0.39 is 6.04 Å². The average Bonchev–Trinajstić information content (AvgIpc) is 2.20. The fraction of sp³-hybridized carbons (Fsp3) is 0.300. The highest BCUT2D eigenvalue weighted by atomic mass is 35.5. The number of phenols is 1. The van der Waals surface area contributed by atoms with Crippen LogP contribution in [0.5, 0.6) is 5.75 Å². The van der Waals surface area contributed by atoms with Crippen LogP contribution in [0, 0.1) is 0 Å². The maximum Gasteiger partial charge on any atom is 0.164 e. The summed E-state index contributed by atoms with van der Waals surface area (Å²) in [6.07, 6.45) is 0.450. The van der Waals surface area contributed by atoms with Gasteiger partial charge in [0.25, 0.3) is 0 Å². The number of alkyl halides is 1. The minimum atomic E-state index is -0.558. The second-order valence-electron chi connectivity index (χ2n) is 3.08. The van der Waals surface area contributed by atoms with E-state index in [1.165, 1.54) is 0 Å². The van der Waals surface area contributed by atoms with Crippen molar-refractivity contribution in [3.8, 4) is 5.75 Å². The Morgan fingerprint density at radius 3 is 2.40 bits per heavy atom. The predicted molar refractivity (Wildman–Crippen MR) is 62.8 cm³/mol. The third-order valence-electron chi connectivity index (χ3n) is 1.94. The van der Waals surface area contributed by atoms with Crippen molar-refractivity contribution in [3.05, 3.63) is 29.8 Å². The lowest BCUT2D eigenvalue weighted by Gasteiger charge is -2.08. The molecule has 1 aromatic rings. The van der Waals surface area contributed by atoms with Gasteiger partial charge in [0, 0.05) is 0 Å². The first kappa shape index (κ1) is 14.2. The number of halogens is 2. The summed E-state index contributed by atoms with van der Waals surface area (Å²) >= 11 is 5.37. The summed E-state index contributed by atoms with van der Waals surface area (Å²) < 4.78 is 0. The van der Waals surface area contributed by atoms with Gasteiger partial charge in [-0.2, -0.15) is 0 Å². The van der Waals surface area contributed by atoms with Gasteiger partial charge in [-0.15, -0.1) is 24.0 Å². The second kappa shape index (κ2) is 6.67. The first-order valence-corrected chi connectivity index (χ1v) is 4.79. The van der Waals surface area contributed by atoms with Crippen molar-refractivity contribution in [1.82, 2.24) is 0 Å². The fourth-order valence-electron chi connectivity index (χ4n) is 1.10. The molecule has 1 aromatic carbocycles. The van der Waals surface area contributed by atoms with Gasteiger partial charge in [0.2, 0.25) is 0 Å². The van der Waals surface area contributed by atoms with Crippen molar-refractivity contribution in [2.75, 3.05) is 5.88 Å². The first-order valence-electron chi connectivity index (χ1n) is 4.25. The zero-order valence-electron chi connectivity index (χ0n) is 8.02. The van der Waals surface area contributed by atoms with E-state index in [1.54, 1.807) is 24.3 Å². The van der Waals surface area contributed by atoms with Crippen LogP contribution in [0.15, 0.2) is 24.3 Å². The lowest BCUT2D eigenvalue weighted by atomic mass is 10.0. The SMILES string of the molecule is Cl.N[C@@H](Cc1ccc(O)cc1)C(=O)CCl. The number of phenolic OH excluding ortho intramolecular Hbond substituents is 1. The molecule has 0 heterocycles. The van der Waals surface area contributed by atoms with E-state index >= 15 is 0 Å². The van der Waals surface area contributed by atoms with Crippen LogP contribution in [0.4, 0.5) is 0 Å². The predicted octanol–water partition coefficient (Wildman–Crippen LogP) is 1.49. The van der Waals surface area contributed by atoms with Crippen LogP contribution >= 0.6 is 24.0 Å². The van der Waals surface area contributed by atoms with Gasteiger partial charge in [-0.1, -0.05) is 12.1 Å². The molecule has 1 atom stereocenters. The molecule has 0 aromatic heterocycles. The highest BCUT2D eigenvalue weighted by molar-refractivity contribution is 6.28. The van der Waals surface area contributed by atoms with Crippen LogP contribution in [-0.4, -0.2) is 22.8 Å². The van der Waals surface area contributed by atoms with Crippen molar-refractivity contribution < 1.29 is 9.90 Å². The van der Waals surface area contributed by atoms with Crippen molar-refractivity contribution in [1.29, 1.82) is 0 Å². The summed E-state index contributed by atoms with van der Waals surface area (Å²) in [4.78, 5) is 11.1. The summed E-state index contributed by atoms with van der Waals surface area (Å²) in [6, 6.07) is 6.03. The van der Waals surface area contributed by atoms with Gasteiger partial charge in [-0.3, -0.25) is 4.79 Å². The number of nitrogens with two attached hydrogens (primary N) is 1. The molecule has 0 fully saturated rings. The lowest BCUT2D eigenvalue weighted by molar-refractivity contribution is -0.117. The fourth-order valence-corrected chi connectivity index (χ4v) is 1.30. The van der Waals surface area contributed by atoms with Gasteiger partial charge in [0.05, 0.1) is 11.9 Å². The number of hydrogen-bond acceptors (Lipinski definition) is 3. The van der Waals surface area contributed by atoms with E-state index in [0.29, 0.717) is 6.42 Å². The Morgan fingerprint density at radius 2 is 1.93 bits per heavy atom. The zero-order valence-corrected chi connectivity index (χ0v) is 9.59. The molecular formula is C10H13Cl2NO2. The van der Waals surface area contributed by atoms with Crippen molar-refractivity contribution in [2.24, 2.45) is 5.73 Å². The Morgan fingerprint density at radius 1 is 1.40 bits per heavy atom. The molecule has 0 spiro atoms. The third kappa shape index (κ3) is 4.51. The molecule has 0 aliphatic carbocycles. The van der Waals surface area contributed by atoms with Gasteiger partial charge >= 0.3 is 0 Å². The molecule has 0 aliphatic rings. The molecule has 0 radical (unpaired) electrons.